The highest BCUT2D eigenvalue weighted by atomic mass is 19.4. The first-order valence-corrected chi connectivity index (χ1v) is 6.48. The number of rotatable bonds is 6. The van der Waals surface area contributed by atoms with Gasteiger partial charge in [0.05, 0.1) is 13.2 Å². The van der Waals surface area contributed by atoms with Crippen LogP contribution < -0.4 is 5.32 Å². The molecular weight excluding hydrogens is 245 g/mol. The van der Waals surface area contributed by atoms with Gasteiger partial charge in [0, 0.05) is 25.1 Å². The lowest BCUT2D eigenvalue weighted by atomic mass is 9.95. The van der Waals surface area contributed by atoms with E-state index >= 15 is 0 Å². The molecule has 0 aromatic carbocycles. The molecule has 108 valence electrons. The summed E-state index contributed by atoms with van der Waals surface area (Å²) in [6.45, 7) is 3.79. The van der Waals surface area contributed by atoms with Crippen LogP contribution in [0.4, 0.5) is 13.2 Å². The first-order chi connectivity index (χ1) is 8.42. The topological polar surface area (TPSA) is 24.5 Å². The maximum absolute atomic E-state index is 12.3. The SMILES string of the molecule is CCCNC1CCOCC1CN(C)CC(F)(F)F. The van der Waals surface area contributed by atoms with Crippen molar-refractivity contribution < 1.29 is 17.9 Å². The molecule has 1 aliphatic heterocycles. The second-order valence-corrected chi connectivity index (χ2v) is 5.00. The van der Waals surface area contributed by atoms with Crippen LogP contribution in [0, 0.1) is 5.92 Å². The van der Waals surface area contributed by atoms with Gasteiger partial charge in [0.2, 0.25) is 0 Å². The monoisotopic (exact) mass is 268 g/mol. The molecule has 0 aromatic rings. The van der Waals surface area contributed by atoms with E-state index in [0.29, 0.717) is 19.8 Å². The summed E-state index contributed by atoms with van der Waals surface area (Å²) in [5.41, 5.74) is 0. The summed E-state index contributed by atoms with van der Waals surface area (Å²) in [5.74, 6) is 0.137. The molecule has 18 heavy (non-hydrogen) atoms. The van der Waals surface area contributed by atoms with Crippen LogP contribution in [-0.2, 0) is 4.74 Å². The maximum Gasteiger partial charge on any atom is 0.401 e. The molecule has 0 bridgehead atoms. The van der Waals surface area contributed by atoms with Crippen LogP contribution in [0.25, 0.3) is 0 Å². The second kappa shape index (κ2) is 7.31. The lowest BCUT2D eigenvalue weighted by Gasteiger charge is -2.35. The molecule has 2 atom stereocenters. The Kier molecular flexibility index (Phi) is 6.38. The van der Waals surface area contributed by atoms with Crippen LogP contribution in [0.1, 0.15) is 19.8 Å². The van der Waals surface area contributed by atoms with E-state index in [2.05, 4.69) is 12.2 Å². The zero-order valence-electron chi connectivity index (χ0n) is 11.1. The van der Waals surface area contributed by atoms with Gasteiger partial charge < -0.3 is 10.1 Å². The fourth-order valence-electron chi connectivity index (χ4n) is 2.35. The van der Waals surface area contributed by atoms with Crippen molar-refractivity contribution in [3.8, 4) is 0 Å². The van der Waals surface area contributed by atoms with Gasteiger partial charge in [0.1, 0.15) is 0 Å². The predicted molar refractivity (Wildman–Crippen MR) is 64.6 cm³/mol. The van der Waals surface area contributed by atoms with Gasteiger partial charge in [-0.05, 0) is 26.4 Å². The van der Waals surface area contributed by atoms with E-state index in [9.17, 15) is 13.2 Å². The quantitative estimate of drug-likeness (QED) is 0.796. The number of nitrogens with zero attached hydrogens (tertiary/aromatic N) is 1. The number of nitrogens with one attached hydrogen (secondary N) is 1. The van der Waals surface area contributed by atoms with Gasteiger partial charge in [-0.2, -0.15) is 13.2 Å². The Balaban J connectivity index is 2.40. The fourth-order valence-corrected chi connectivity index (χ4v) is 2.35. The molecule has 1 N–H and O–H groups in total. The summed E-state index contributed by atoms with van der Waals surface area (Å²) in [7, 11) is 1.51. The minimum absolute atomic E-state index is 0.137. The molecule has 0 radical (unpaired) electrons. The molecule has 1 rings (SSSR count). The van der Waals surface area contributed by atoms with Crippen molar-refractivity contribution in [3.05, 3.63) is 0 Å². The van der Waals surface area contributed by atoms with Gasteiger partial charge in [-0.3, -0.25) is 4.90 Å². The Bertz CT molecular complexity index is 236. The molecule has 0 amide bonds. The highest BCUT2D eigenvalue weighted by Crippen LogP contribution is 2.19. The summed E-state index contributed by atoms with van der Waals surface area (Å²) < 4.78 is 42.2. The van der Waals surface area contributed by atoms with Gasteiger partial charge in [-0.15, -0.1) is 0 Å². The van der Waals surface area contributed by atoms with Crippen molar-refractivity contribution >= 4 is 0 Å². The van der Waals surface area contributed by atoms with Crippen LogP contribution in [0.5, 0.6) is 0 Å². The molecule has 3 nitrogen and oxygen atoms in total. The lowest BCUT2D eigenvalue weighted by Crippen LogP contribution is -2.48. The van der Waals surface area contributed by atoms with E-state index in [4.69, 9.17) is 4.74 Å². The Labute approximate surface area is 107 Å². The Morgan fingerprint density at radius 3 is 2.72 bits per heavy atom. The Morgan fingerprint density at radius 1 is 1.39 bits per heavy atom. The molecule has 1 saturated heterocycles. The summed E-state index contributed by atoms with van der Waals surface area (Å²) in [5, 5.41) is 3.40. The van der Waals surface area contributed by atoms with Gasteiger partial charge in [-0.25, -0.2) is 0 Å². The molecule has 0 saturated carbocycles. The minimum atomic E-state index is -4.13. The van der Waals surface area contributed by atoms with E-state index in [-0.39, 0.29) is 12.0 Å². The van der Waals surface area contributed by atoms with Crippen molar-refractivity contribution in [1.82, 2.24) is 10.2 Å². The van der Waals surface area contributed by atoms with E-state index in [0.717, 1.165) is 19.4 Å². The van der Waals surface area contributed by atoms with E-state index in [1.54, 1.807) is 0 Å². The molecule has 1 heterocycles. The van der Waals surface area contributed by atoms with E-state index < -0.39 is 12.7 Å². The Morgan fingerprint density at radius 2 is 2.11 bits per heavy atom. The molecule has 0 aromatic heterocycles. The number of halogens is 3. The highest BCUT2D eigenvalue weighted by molar-refractivity contribution is 4.82. The summed E-state index contributed by atoms with van der Waals surface area (Å²) >= 11 is 0. The van der Waals surface area contributed by atoms with Gasteiger partial charge in [-0.1, -0.05) is 6.92 Å². The molecule has 1 fully saturated rings. The summed E-state index contributed by atoms with van der Waals surface area (Å²) in [6, 6.07) is 0.273. The highest BCUT2D eigenvalue weighted by Gasteiger charge is 2.32. The molecule has 2 unspecified atom stereocenters. The maximum atomic E-state index is 12.3. The zero-order chi connectivity index (χ0) is 13.6. The predicted octanol–water partition coefficient (Wildman–Crippen LogP) is 1.89. The fraction of sp³-hybridized carbons (Fsp3) is 1.00. The summed E-state index contributed by atoms with van der Waals surface area (Å²) in [4.78, 5) is 1.33. The number of alkyl halides is 3. The molecule has 6 heteroatoms. The zero-order valence-corrected chi connectivity index (χ0v) is 11.1. The van der Waals surface area contributed by atoms with Crippen LogP contribution in [0.3, 0.4) is 0 Å². The van der Waals surface area contributed by atoms with Gasteiger partial charge >= 0.3 is 6.18 Å². The normalized spacial score (nSPS) is 25.7. The summed E-state index contributed by atoms with van der Waals surface area (Å²) in [6.07, 6.45) is -2.22. The average Bonchev–Trinajstić information content (AvgIpc) is 2.25. The van der Waals surface area contributed by atoms with Crippen molar-refractivity contribution in [2.24, 2.45) is 5.92 Å². The van der Waals surface area contributed by atoms with Crippen LogP contribution in [0.2, 0.25) is 0 Å². The van der Waals surface area contributed by atoms with Crippen LogP contribution >= 0.6 is 0 Å². The first kappa shape index (κ1) is 15.7. The molecule has 0 aliphatic carbocycles. The molecule has 1 aliphatic rings. The Hall–Kier alpha value is -0.330. The van der Waals surface area contributed by atoms with Crippen LogP contribution in [0.15, 0.2) is 0 Å². The average molecular weight is 268 g/mol. The smallest absolute Gasteiger partial charge is 0.381 e. The van der Waals surface area contributed by atoms with Crippen molar-refractivity contribution in [2.75, 3.05) is 39.9 Å². The third kappa shape index (κ3) is 6.02. The first-order valence-electron chi connectivity index (χ1n) is 6.48. The van der Waals surface area contributed by atoms with Crippen molar-refractivity contribution in [1.29, 1.82) is 0 Å². The third-order valence-corrected chi connectivity index (χ3v) is 3.13. The van der Waals surface area contributed by atoms with Crippen molar-refractivity contribution in [3.63, 3.8) is 0 Å². The molecular formula is C12H23F3N2O. The van der Waals surface area contributed by atoms with Crippen molar-refractivity contribution in [2.45, 2.75) is 32.0 Å². The second-order valence-electron chi connectivity index (χ2n) is 5.00. The number of ether oxygens (including phenoxy) is 1. The largest absolute Gasteiger partial charge is 0.401 e. The van der Waals surface area contributed by atoms with E-state index in [1.165, 1.54) is 11.9 Å². The van der Waals surface area contributed by atoms with E-state index in [1.807, 2.05) is 0 Å². The van der Waals surface area contributed by atoms with Crippen LogP contribution in [-0.4, -0.2) is 57.0 Å². The number of hydrogen-bond donors (Lipinski definition) is 1. The van der Waals surface area contributed by atoms with Gasteiger partial charge in [0.25, 0.3) is 0 Å². The third-order valence-electron chi connectivity index (χ3n) is 3.13. The number of hydrogen-bond acceptors (Lipinski definition) is 3. The minimum Gasteiger partial charge on any atom is -0.381 e. The standard InChI is InChI=1S/C12H23F3N2O/c1-3-5-16-11-4-6-18-8-10(11)7-17(2)9-12(13,14)15/h10-11,16H,3-9H2,1-2H3. The lowest BCUT2D eigenvalue weighted by molar-refractivity contribution is -0.145. The van der Waals surface area contributed by atoms with Gasteiger partial charge in [0.15, 0.2) is 0 Å². The molecule has 0 spiro atoms.